The number of rotatable bonds is 2. The summed E-state index contributed by atoms with van der Waals surface area (Å²) >= 11 is 0. The van der Waals surface area contributed by atoms with Crippen LogP contribution in [0.5, 0.6) is 0 Å². The second kappa shape index (κ2) is 5.24. The molecule has 0 spiro atoms. The molecule has 0 bridgehead atoms. The molecule has 2 heterocycles. The van der Waals surface area contributed by atoms with E-state index < -0.39 is 12.2 Å². The molecule has 102 valence electrons. The van der Waals surface area contributed by atoms with Crippen LogP contribution in [0.25, 0.3) is 0 Å². The molecule has 2 aliphatic rings. The van der Waals surface area contributed by atoms with Crippen molar-refractivity contribution >= 4 is 11.9 Å². The Kier molecular flexibility index (Phi) is 3.87. The van der Waals surface area contributed by atoms with E-state index in [9.17, 15) is 9.59 Å². The molecule has 2 aliphatic heterocycles. The normalized spacial score (nSPS) is 35.9. The summed E-state index contributed by atoms with van der Waals surface area (Å²) in [6.45, 7) is 4.35. The molecule has 0 amide bonds. The van der Waals surface area contributed by atoms with Crippen LogP contribution in [0.2, 0.25) is 0 Å². The third kappa shape index (κ3) is 2.64. The lowest BCUT2D eigenvalue weighted by Crippen LogP contribution is -2.64. The summed E-state index contributed by atoms with van der Waals surface area (Å²) in [4.78, 5) is 24.6. The molecule has 0 aromatic carbocycles. The molecule has 0 saturated carbocycles. The van der Waals surface area contributed by atoms with Crippen molar-refractivity contribution in [1.82, 2.24) is 4.90 Å². The molecule has 0 radical (unpaired) electrons. The number of ether oxygens (including phenoxy) is 2. The second-order valence-corrected chi connectivity index (χ2v) is 5.02. The lowest BCUT2D eigenvalue weighted by Gasteiger charge is -2.43. The van der Waals surface area contributed by atoms with Gasteiger partial charge in [-0.05, 0) is 19.4 Å². The molecular weight excluding hydrogens is 236 g/mol. The highest BCUT2D eigenvalue weighted by Crippen LogP contribution is 2.30. The molecule has 0 aromatic rings. The summed E-state index contributed by atoms with van der Waals surface area (Å²) in [5.41, 5.74) is 6.04. The number of fused-ring (bicyclic) bond motifs is 1. The summed E-state index contributed by atoms with van der Waals surface area (Å²) < 4.78 is 10.6. The van der Waals surface area contributed by atoms with Crippen molar-refractivity contribution in [3.05, 3.63) is 0 Å². The molecule has 4 unspecified atom stereocenters. The Bertz CT molecular complexity index is 347. The van der Waals surface area contributed by atoms with Crippen LogP contribution in [0, 0.1) is 0 Å². The number of esters is 2. The largest absolute Gasteiger partial charge is 0.457 e. The fourth-order valence-corrected chi connectivity index (χ4v) is 2.97. The molecule has 2 saturated heterocycles. The lowest BCUT2D eigenvalue weighted by atomic mass is 9.92. The summed E-state index contributed by atoms with van der Waals surface area (Å²) in [5, 5.41) is 0. The van der Waals surface area contributed by atoms with E-state index >= 15 is 0 Å². The Balaban J connectivity index is 2.17. The molecule has 18 heavy (non-hydrogen) atoms. The number of hydrogen-bond acceptors (Lipinski definition) is 6. The first-order chi connectivity index (χ1) is 8.49. The lowest BCUT2D eigenvalue weighted by molar-refractivity contribution is -0.178. The van der Waals surface area contributed by atoms with Crippen molar-refractivity contribution in [3.63, 3.8) is 0 Å². The standard InChI is InChI=1S/C12H20N2O4/c1-7(15)17-11-9(13)6-14-5-3-4-10(14)12(11)18-8(2)16/h9-12H,3-6,13H2,1-2H3. The summed E-state index contributed by atoms with van der Waals surface area (Å²) in [6, 6.07) is -0.189. The molecule has 6 nitrogen and oxygen atoms in total. The van der Waals surface area contributed by atoms with Gasteiger partial charge in [0, 0.05) is 20.4 Å². The van der Waals surface area contributed by atoms with Crippen molar-refractivity contribution in [1.29, 1.82) is 0 Å². The Morgan fingerprint density at radius 2 is 1.78 bits per heavy atom. The van der Waals surface area contributed by atoms with E-state index in [2.05, 4.69) is 4.90 Å². The van der Waals surface area contributed by atoms with Crippen molar-refractivity contribution in [2.75, 3.05) is 13.1 Å². The van der Waals surface area contributed by atoms with Crippen LogP contribution in [0.4, 0.5) is 0 Å². The SMILES string of the molecule is CC(=O)OC1C(N)CN2CCCC2C1OC(C)=O. The van der Waals surface area contributed by atoms with E-state index in [1.54, 1.807) is 0 Å². The number of hydrogen-bond donors (Lipinski definition) is 1. The molecule has 0 aliphatic carbocycles. The van der Waals surface area contributed by atoms with Crippen LogP contribution >= 0.6 is 0 Å². The quantitative estimate of drug-likeness (QED) is 0.680. The third-order valence-corrected chi connectivity index (χ3v) is 3.59. The number of carbonyl (C=O) groups excluding carboxylic acids is 2. The fraction of sp³-hybridized carbons (Fsp3) is 0.833. The highest BCUT2D eigenvalue weighted by atomic mass is 16.6. The minimum atomic E-state index is -0.536. The van der Waals surface area contributed by atoms with Crippen molar-refractivity contribution < 1.29 is 19.1 Å². The summed E-state index contributed by atoms with van der Waals surface area (Å²) in [5.74, 6) is -0.753. The van der Waals surface area contributed by atoms with Crippen LogP contribution in [-0.2, 0) is 19.1 Å². The summed E-state index contributed by atoms with van der Waals surface area (Å²) in [7, 11) is 0. The van der Waals surface area contributed by atoms with Crippen LogP contribution in [0.15, 0.2) is 0 Å². The first-order valence-corrected chi connectivity index (χ1v) is 6.33. The first kappa shape index (κ1) is 13.3. The van der Waals surface area contributed by atoms with Crippen LogP contribution in [0.3, 0.4) is 0 Å². The third-order valence-electron chi connectivity index (χ3n) is 3.59. The van der Waals surface area contributed by atoms with Crippen LogP contribution in [-0.4, -0.2) is 54.2 Å². The maximum atomic E-state index is 11.2. The van der Waals surface area contributed by atoms with E-state index in [0.717, 1.165) is 19.4 Å². The molecule has 2 fully saturated rings. The molecule has 2 rings (SSSR count). The van der Waals surface area contributed by atoms with Crippen molar-refractivity contribution in [3.8, 4) is 0 Å². The maximum absolute atomic E-state index is 11.2. The van der Waals surface area contributed by atoms with Gasteiger partial charge in [-0.1, -0.05) is 0 Å². The van der Waals surface area contributed by atoms with E-state index in [4.69, 9.17) is 15.2 Å². The van der Waals surface area contributed by atoms with E-state index in [0.29, 0.717) is 6.54 Å². The van der Waals surface area contributed by atoms with E-state index in [1.807, 2.05) is 0 Å². The van der Waals surface area contributed by atoms with Gasteiger partial charge in [0.05, 0.1) is 12.1 Å². The molecule has 6 heteroatoms. The van der Waals surface area contributed by atoms with E-state index in [-0.39, 0.29) is 24.0 Å². The summed E-state index contributed by atoms with van der Waals surface area (Å²) in [6.07, 6.45) is 1.02. The predicted molar refractivity (Wildman–Crippen MR) is 63.7 cm³/mol. The second-order valence-electron chi connectivity index (χ2n) is 5.02. The number of nitrogens with zero attached hydrogens (tertiary/aromatic N) is 1. The van der Waals surface area contributed by atoms with Crippen molar-refractivity contribution in [2.24, 2.45) is 5.73 Å². The van der Waals surface area contributed by atoms with E-state index in [1.165, 1.54) is 13.8 Å². The first-order valence-electron chi connectivity index (χ1n) is 6.33. The molecule has 2 N–H and O–H groups in total. The average Bonchev–Trinajstić information content (AvgIpc) is 2.69. The minimum absolute atomic E-state index is 0.123. The van der Waals surface area contributed by atoms with Crippen molar-refractivity contribution in [2.45, 2.75) is 51.0 Å². The van der Waals surface area contributed by atoms with Gasteiger partial charge in [-0.2, -0.15) is 0 Å². The monoisotopic (exact) mass is 256 g/mol. The topological polar surface area (TPSA) is 81.9 Å². The number of carbonyl (C=O) groups is 2. The minimum Gasteiger partial charge on any atom is -0.457 e. The number of nitrogens with two attached hydrogens (primary N) is 1. The van der Waals surface area contributed by atoms with Gasteiger partial charge in [0.25, 0.3) is 0 Å². The van der Waals surface area contributed by atoms with Gasteiger partial charge in [-0.3, -0.25) is 14.5 Å². The zero-order valence-electron chi connectivity index (χ0n) is 10.8. The maximum Gasteiger partial charge on any atom is 0.303 e. The molecular formula is C12H20N2O4. The van der Waals surface area contributed by atoms with Gasteiger partial charge in [-0.25, -0.2) is 0 Å². The Labute approximate surface area is 106 Å². The Hall–Kier alpha value is -1.14. The fourth-order valence-electron chi connectivity index (χ4n) is 2.97. The zero-order valence-corrected chi connectivity index (χ0v) is 10.8. The van der Waals surface area contributed by atoms with Crippen LogP contribution in [0.1, 0.15) is 26.7 Å². The van der Waals surface area contributed by atoms with Gasteiger partial charge >= 0.3 is 11.9 Å². The molecule has 0 aromatic heterocycles. The van der Waals surface area contributed by atoms with Gasteiger partial charge in [-0.15, -0.1) is 0 Å². The van der Waals surface area contributed by atoms with Crippen LogP contribution < -0.4 is 5.73 Å². The van der Waals surface area contributed by atoms with Gasteiger partial charge < -0.3 is 15.2 Å². The highest BCUT2D eigenvalue weighted by Gasteiger charge is 2.47. The predicted octanol–water partition coefficient (Wildman–Crippen LogP) is -0.345. The number of piperidine rings is 1. The van der Waals surface area contributed by atoms with Gasteiger partial charge in [0.1, 0.15) is 0 Å². The molecule has 4 atom stereocenters. The van der Waals surface area contributed by atoms with Gasteiger partial charge in [0.2, 0.25) is 0 Å². The highest BCUT2D eigenvalue weighted by molar-refractivity contribution is 5.67. The Morgan fingerprint density at radius 3 is 2.39 bits per heavy atom. The van der Waals surface area contributed by atoms with Gasteiger partial charge in [0.15, 0.2) is 12.2 Å². The Morgan fingerprint density at radius 1 is 1.17 bits per heavy atom. The smallest absolute Gasteiger partial charge is 0.303 e. The zero-order chi connectivity index (χ0) is 13.3. The average molecular weight is 256 g/mol.